The summed E-state index contributed by atoms with van der Waals surface area (Å²) in [6.45, 7) is 2.16. The van der Waals surface area contributed by atoms with E-state index in [-0.39, 0.29) is 24.6 Å². The Hall–Kier alpha value is -2.83. The molecule has 1 fully saturated rings. The van der Waals surface area contributed by atoms with Crippen LogP contribution in [-0.2, 0) is 16.1 Å². The normalized spacial score (nSPS) is 16.8. The molecule has 1 atom stereocenters. The molecule has 0 aliphatic carbocycles. The molecule has 2 amide bonds. The molecule has 1 unspecified atom stereocenters. The Morgan fingerprint density at radius 2 is 1.88 bits per heavy atom. The monoisotopic (exact) mass is 362 g/mol. The summed E-state index contributed by atoms with van der Waals surface area (Å²) in [4.78, 5) is 25.5. The molecule has 7 heteroatoms. The van der Waals surface area contributed by atoms with Gasteiger partial charge in [-0.05, 0) is 30.2 Å². The van der Waals surface area contributed by atoms with Crippen molar-refractivity contribution in [3.63, 3.8) is 0 Å². The SMILES string of the molecule is Cc1ccccc1CNC(=O)C1CC(=O)N(c2ccc(F)c(F)c2F)C1. The third-order valence-electron chi connectivity index (χ3n) is 4.52. The number of carbonyl (C=O) groups excluding carboxylic acids is 2. The second-order valence-corrected chi connectivity index (χ2v) is 6.24. The molecule has 0 aromatic heterocycles. The molecule has 0 radical (unpaired) electrons. The highest BCUT2D eigenvalue weighted by atomic mass is 19.2. The molecule has 26 heavy (non-hydrogen) atoms. The lowest BCUT2D eigenvalue weighted by molar-refractivity contribution is -0.126. The maximum Gasteiger partial charge on any atom is 0.227 e. The lowest BCUT2D eigenvalue weighted by atomic mass is 10.1. The van der Waals surface area contributed by atoms with Crippen molar-refractivity contribution in [2.75, 3.05) is 11.4 Å². The number of nitrogens with zero attached hydrogens (tertiary/aromatic N) is 1. The molecular weight excluding hydrogens is 345 g/mol. The first-order valence-electron chi connectivity index (χ1n) is 8.14. The molecular formula is C19H17F3N2O2. The van der Waals surface area contributed by atoms with Crippen molar-refractivity contribution in [1.29, 1.82) is 0 Å². The fraction of sp³-hybridized carbons (Fsp3) is 0.263. The van der Waals surface area contributed by atoms with E-state index in [4.69, 9.17) is 0 Å². The van der Waals surface area contributed by atoms with E-state index < -0.39 is 29.3 Å². The van der Waals surface area contributed by atoms with Gasteiger partial charge in [-0.15, -0.1) is 0 Å². The van der Waals surface area contributed by atoms with Crippen molar-refractivity contribution < 1.29 is 22.8 Å². The van der Waals surface area contributed by atoms with Crippen LogP contribution in [0.25, 0.3) is 0 Å². The number of carbonyl (C=O) groups is 2. The Bertz CT molecular complexity index is 870. The molecule has 136 valence electrons. The van der Waals surface area contributed by atoms with Gasteiger partial charge >= 0.3 is 0 Å². The van der Waals surface area contributed by atoms with Crippen molar-refractivity contribution in [3.8, 4) is 0 Å². The van der Waals surface area contributed by atoms with Crippen molar-refractivity contribution in [1.82, 2.24) is 5.32 Å². The van der Waals surface area contributed by atoms with Gasteiger partial charge in [0.15, 0.2) is 17.5 Å². The van der Waals surface area contributed by atoms with Crippen LogP contribution >= 0.6 is 0 Å². The zero-order chi connectivity index (χ0) is 18.8. The van der Waals surface area contributed by atoms with Crippen LogP contribution in [0.4, 0.5) is 18.9 Å². The maximum absolute atomic E-state index is 13.9. The smallest absolute Gasteiger partial charge is 0.227 e. The summed E-state index contributed by atoms with van der Waals surface area (Å²) < 4.78 is 40.4. The van der Waals surface area contributed by atoms with Crippen LogP contribution in [0.5, 0.6) is 0 Å². The minimum atomic E-state index is -1.64. The Morgan fingerprint density at radius 1 is 1.15 bits per heavy atom. The first-order valence-corrected chi connectivity index (χ1v) is 8.14. The van der Waals surface area contributed by atoms with E-state index in [2.05, 4.69) is 5.32 Å². The van der Waals surface area contributed by atoms with Crippen LogP contribution in [-0.4, -0.2) is 18.4 Å². The van der Waals surface area contributed by atoms with Gasteiger partial charge in [-0.1, -0.05) is 24.3 Å². The summed E-state index contributed by atoms with van der Waals surface area (Å²) in [5.41, 5.74) is 1.62. The number of hydrogen-bond acceptors (Lipinski definition) is 2. The van der Waals surface area contributed by atoms with Crippen LogP contribution in [0.1, 0.15) is 17.5 Å². The molecule has 2 aromatic rings. The predicted molar refractivity (Wildman–Crippen MR) is 89.8 cm³/mol. The minimum Gasteiger partial charge on any atom is -0.352 e. The second-order valence-electron chi connectivity index (χ2n) is 6.24. The van der Waals surface area contributed by atoms with Crippen molar-refractivity contribution in [2.45, 2.75) is 19.9 Å². The summed E-state index contributed by atoms with van der Waals surface area (Å²) in [5, 5.41) is 2.76. The number of aryl methyl sites for hydroxylation is 1. The molecule has 1 aliphatic heterocycles. The molecule has 0 saturated carbocycles. The number of halogens is 3. The molecule has 1 saturated heterocycles. The Morgan fingerprint density at radius 3 is 2.62 bits per heavy atom. The topological polar surface area (TPSA) is 49.4 Å². The lowest BCUT2D eigenvalue weighted by Crippen LogP contribution is -2.33. The summed E-state index contributed by atoms with van der Waals surface area (Å²) >= 11 is 0. The number of nitrogens with one attached hydrogen (secondary N) is 1. The van der Waals surface area contributed by atoms with Crippen LogP contribution in [0.3, 0.4) is 0 Å². The Kier molecular flexibility index (Phi) is 4.97. The molecule has 0 bridgehead atoms. The number of anilines is 1. The molecule has 2 aromatic carbocycles. The van der Waals surface area contributed by atoms with Gasteiger partial charge in [0.25, 0.3) is 0 Å². The van der Waals surface area contributed by atoms with E-state index in [1.54, 1.807) is 0 Å². The van der Waals surface area contributed by atoms with E-state index in [1.165, 1.54) is 0 Å². The van der Waals surface area contributed by atoms with Crippen LogP contribution in [0, 0.1) is 30.3 Å². The molecule has 1 aliphatic rings. The van der Waals surface area contributed by atoms with Crippen LogP contribution < -0.4 is 10.2 Å². The van der Waals surface area contributed by atoms with Gasteiger partial charge in [0.05, 0.1) is 11.6 Å². The van der Waals surface area contributed by atoms with Gasteiger partial charge in [0.1, 0.15) is 0 Å². The zero-order valence-electron chi connectivity index (χ0n) is 14.1. The highest BCUT2D eigenvalue weighted by Gasteiger charge is 2.36. The number of amides is 2. The molecule has 1 heterocycles. The summed E-state index contributed by atoms with van der Waals surface area (Å²) in [5.74, 6) is -5.93. The quantitative estimate of drug-likeness (QED) is 0.850. The van der Waals surface area contributed by atoms with Crippen molar-refractivity contribution in [3.05, 3.63) is 65.0 Å². The van der Waals surface area contributed by atoms with E-state index in [0.717, 1.165) is 28.2 Å². The van der Waals surface area contributed by atoms with Crippen molar-refractivity contribution in [2.24, 2.45) is 5.92 Å². The van der Waals surface area contributed by atoms with Crippen LogP contribution in [0.15, 0.2) is 36.4 Å². The first-order chi connectivity index (χ1) is 12.4. The zero-order valence-corrected chi connectivity index (χ0v) is 14.1. The largest absolute Gasteiger partial charge is 0.352 e. The Balaban J connectivity index is 1.69. The first kappa shape index (κ1) is 18.0. The Labute approximate surface area is 148 Å². The number of rotatable bonds is 4. The van der Waals surface area contributed by atoms with Gasteiger partial charge in [0, 0.05) is 19.5 Å². The average Bonchev–Trinajstić information content (AvgIpc) is 3.00. The van der Waals surface area contributed by atoms with Gasteiger partial charge < -0.3 is 10.2 Å². The third-order valence-corrected chi connectivity index (χ3v) is 4.52. The van der Waals surface area contributed by atoms with E-state index in [1.807, 2.05) is 31.2 Å². The molecule has 4 nitrogen and oxygen atoms in total. The minimum absolute atomic E-state index is 0.0829. The lowest BCUT2D eigenvalue weighted by Gasteiger charge is -2.18. The molecule has 0 spiro atoms. The fourth-order valence-corrected chi connectivity index (χ4v) is 2.98. The van der Waals surface area contributed by atoms with E-state index in [0.29, 0.717) is 6.54 Å². The van der Waals surface area contributed by atoms with Gasteiger partial charge in [-0.3, -0.25) is 9.59 Å². The van der Waals surface area contributed by atoms with Crippen LogP contribution in [0.2, 0.25) is 0 Å². The third kappa shape index (κ3) is 3.42. The highest BCUT2D eigenvalue weighted by Crippen LogP contribution is 2.29. The van der Waals surface area contributed by atoms with Gasteiger partial charge in [0.2, 0.25) is 11.8 Å². The van der Waals surface area contributed by atoms with Gasteiger partial charge in [-0.25, -0.2) is 13.2 Å². The standard InChI is InChI=1S/C19H17F3N2O2/c1-11-4-2-3-5-12(11)9-23-19(26)13-8-16(25)24(10-13)15-7-6-14(20)17(21)18(15)22/h2-7,13H,8-10H2,1H3,(H,23,26). The predicted octanol–water partition coefficient (Wildman–Crippen LogP) is 3.08. The average molecular weight is 362 g/mol. The molecule has 1 N–H and O–H groups in total. The van der Waals surface area contributed by atoms with Crippen molar-refractivity contribution >= 4 is 17.5 Å². The summed E-state index contributed by atoms with van der Waals surface area (Å²) in [7, 11) is 0. The number of hydrogen-bond donors (Lipinski definition) is 1. The van der Waals surface area contributed by atoms with E-state index in [9.17, 15) is 22.8 Å². The van der Waals surface area contributed by atoms with E-state index >= 15 is 0 Å². The summed E-state index contributed by atoms with van der Waals surface area (Å²) in [6.07, 6.45) is -0.113. The molecule has 3 rings (SSSR count). The number of benzene rings is 2. The van der Waals surface area contributed by atoms with Gasteiger partial charge in [-0.2, -0.15) is 0 Å². The summed E-state index contributed by atoms with van der Waals surface area (Å²) in [6, 6.07) is 9.32. The second kappa shape index (κ2) is 7.19. The highest BCUT2D eigenvalue weighted by molar-refractivity contribution is 6.00. The maximum atomic E-state index is 13.9. The fourth-order valence-electron chi connectivity index (χ4n) is 2.98.